The fraction of sp³-hybridized carbons (Fsp3) is 0.190. The summed E-state index contributed by atoms with van der Waals surface area (Å²) in [4.78, 5) is 13.7. The number of aromatic nitrogens is 3. The number of nitrogens with zero attached hydrogens (tertiary/aromatic N) is 3. The third-order valence-corrected chi connectivity index (χ3v) is 3.84. The van der Waals surface area contributed by atoms with E-state index in [4.69, 9.17) is 4.98 Å². The highest BCUT2D eigenvalue weighted by Crippen LogP contribution is 2.15. The monoisotopic (exact) mass is 315 g/mol. The quantitative estimate of drug-likeness (QED) is 0.659. The molecular weight excluding hydrogens is 294 g/mol. The summed E-state index contributed by atoms with van der Waals surface area (Å²) in [7, 11) is 0. The molecule has 0 atom stereocenters. The molecule has 3 rings (SSSR count). The van der Waals surface area contributed by atoms with Crippen molar-refractivity contribution in [3.05, 3.63) is 84.5 Å². The van der Waals surface area contributed by atoms with E-state index in [0.717, 1.165) is 53.3 Å². The zero-order valence-corrected chi connectivity index (χ0v) is 13.9. The van der Waals surface area contributed by atoms with Gasteiger partial charge < -0.3 is 0 Å². The van der Waals surface area contributed by atoms with E-state index in [9.17, 15) is 0 Å². The number of allylic oxidation sites excluding steroid dienone is 1. The van der Waals surface area contributed by atoms with Crippen LogP contribution in [0.15, 0.2) is 67.4 Å². The van der Waals surface area contributed by atoms with E-state index < -0.39 is 0 Å². The summed E-state index contributed by atoms with van der Waals surface area (Å²) in [5, 5.41) is 0. The Hall–Kier alpha value is -2.81. The highest BCUT2D eigenvalue weighted by atomic mass is 14.8. The van der Waals surface area contributed by atoms with Crippen molar-refractivity contribution in [2.24, 2.45) is 0 Å². The van der Waals surface area contributed by atoms with Gasteiger partial charge in [-0.2, -0.15) is 0 Å². The molecule has 0 amide bonds. The van der Waals surface area contributed by atoms with Crippen molar-refractivity contribution in [3.63, 3.8) is 0 Å². The van der Waals surface area contributed by atoms with E-state index in [2.05, 4.69) is 28.7 Å². The summed E-state index contributed by atoms with van der Waals surface area (Å²) in [5.41, 5.74) is 6.01. The van der Waals surface area contributed by atoms with Gasteiger partial charge in [0.2, 0.25) is 0 Å². The van der Waals surface area contributed by atoms with Crippen LogP contribution in [0.2, 0.25) is 0 Å². The second kappa shape index (κ2) is 7.64. The van der Waals surface area contributed by atoms with Crippen LogP contribution in [0.5, 0.6) is 0 Å². The fourth-order valence-electron chi connectivity index (χ4n) is 2.58. The van der Waals surface area contributed by atoms with Crippen molar-refractivity contribution < 1.29 is 0 Å². The Kier molecular flexibility index (Phi) is 5.12. The molecule has 0 radical (unpaired) electrons. The second-order valence-electron chi connectivity index (χ2n) is 5.88. The molecule has 3 aromatic heterocycles. The Morgan fingerprint density at radius 1 is 0.833 bits per heavy atom. The number of hydrogen-bond donors (Lipinski definition) is 0. The fourth-order valence-corrected chi connectivity index (χ4v) is 2.58. The van der Waals surface area contributed by atoms with Crippen LogP contribution in [0.25, 0.3) is 17.0 Å². The maximum atomic E-state index is 4.72. The lowest BCUT2D eigenvalue weighted by Gasteiger charge is -2.06. The highest BCUT2D eigenvalue weighted by molar-refractivity contribution is 5.57. The van der Waals surface area contributed by atoms with Gasteiger partial charge in [-0.25, -0.2) is 0 Å². The Labute approximate surface area is 143 Å². The predicted octanol–water partition coefficient (Wildman–Crippen LogP) is 4.75. The Morgan fingerprint density at radius 2 is 1.54 bits per heavy atom. The molecule has 0 bridgehead atoms. The predicted molar refractivity (Wildman–Crippen MR) is 98.4 cm³/mol. The van der Waals surface area contributed by atoms with Crippen molar-refractivity contribution in [2.75, 3.05) is 0 Å². The molecular formula is C21H21N3. The van der Waals surface area contributed by atoms with Crippen LogP contribution in [0, 0.1) is 0 Å². The molecule has 3 heterocycles. The minimum absolute atomic E-state index is 0.912. The zero-order valence-electron chi connectivity index (χ0n) is 13.9. The SMILES string of the molecule is C=C(C)c1cccc(CCCc2cccc(-c3ccccn3)n2)n1. The Morgan fingerprint density at radius 3 is 2.25 bits per heavy atom. The molecule has 3 heteroatoms. The first-order chi connectivity index (χ1) is 11.7. The number of hydrogen-bond acceptors (Lipinski definition) is 3. The summed E-state index contributed by atoms with van der Waals surface area (Å²) < 4.78 is 0. The molecule has 0 fully saturated rings. The van der Waals surface area contributed by atoms with Crippen molar-refractivity contribution in [2.45, 2.75) is 26.2 Å². The van der Waals surface area contributed by atoms with Crippen LogP contribution in [0.3, 0.4) is 0 Å². The maximum absolute atomic E-state index is 4.72. The largest absolute Gasteiger partial charge is 0.255 e. The first-order valence-corrected chi connectivity index (χ1v) is 8.21. The number of aryl methyl sites for hydroxylation is 2. The average Bonchev–Trinajstić information content (AvgIpc) is 2.63. The van der Waals surface area contributed by atoms with Crippen LogP contribution < -0.4 is 0 Å². The van der Waals surface area contributed by atoms with Gasteiger partial charge in [0.05, 0.1) is 17.1 Å². The van der Waals surface area contributed by atoms with Crippen LogP contribution in [-0.2, 0) is 12.8 Å². The Balaban J connectivity index is 1.63. The average molecular weight is 315 g/mol. The highest BCUT2D eigenvalue weighted by Gasteiger charge is 2.03. The van der Waals surface area contributed by atoms with E-state index in [1.807, 2.05) is 49.4 Å². The first kappa shape index (κ1) is 16.1. The molecule has 120 valence electrons. The van der Waals surface area contributed by atoms with Gasteiger partial charge in [-0.1, -0.05) is 24.8 Å². The molecule has 0 aliphatic heterocycles. The van der Waals surface area contributed by atoms with Gasteiger partial charge in [0.1, 0.15) is 0 Å². The van der Waals surface area contributed by atoms with E-state index in [1.54, 1.807) is 6.20 Å². The normalized spacial score (nSPS) is 10.5. The molecule has 0 aliphatic rings. The van der Waals surface area contributed by atoms with Gasteiger partial charge in [-0.15, -0.1) is 0 Å². The van der Waals surface area contributed by atoms with Gasteiger partial charge in [-0.05, 0) is 68.2 Å². The minimum Gasteiger partial charge on any atom is -0.255 e. The summed E-state index contributed by atoms with van der Waals surface area (Å²) in [5.74, 6) is 0. The third kappa shape index (κ3) is 4.13. The molecule has 0 saturated carbocycles. The zero-order chi connectivity index (χ0) is 16.8. The summed E-state index contributed by atoms with van der Waals surface area (Å²) in [6.07, 6.45) is 4.69. The van der Waals surface area contributed by atoms with E-state index in [-0.39, 0.29) is 0 Å². The Bertz CT molecular complexity index is 825. The molecule has 24 heavy (non-hydrogen) atoms. The first-order valence-electron chi connectivity index (χ1n) is 8.21. The van der Waals surface area contributed by atoms with Gasteiger partial charge in [0.15, 0.2) is 0 Å². The summed E-state index contributed by atoms with van der Waals surface area (Å²) in [6, 6.07) is 18.1. The van der Waals surface area contributed by atoms with E-state index in [0.29, 0.717) is 0 Å². The summed E-state index contributed by atoms with van der Waals surface area (Å²) >= 11 is 0. The molecule has 3 aromatic rings. The minimum atomic E-state index is 0.912. The van der Waals surface area contributed by atoms with Gasteiger partial charge in [0.25, 0.3) is 0 Å². The van der Waals surface area contributed by atoms with Gasteiger partial charge in [0, 0.05) is 17.6 Å². The molecule has 0 unspecified atom stereocenters. The van der Waals surface area contributed by atoms with Crippen molar-refractivity contribution in [1.82, 2.24) is 15.0 Å². The number of rotatable bonds is 6. The second-order valence-corrected chi connectivity index (χ2v) is 5.88. The van der Waals surface area contributed by atoms with E-state index >= 15 is 0 Å². The van der Waals surface area contributed by atoms with Gasteiger partial charge in [-0.3, -0.25) is 15.0 Å². The van der Waals surface area contributed by atoms with Crippen LogP contribution in [0.4, 0.5) is 0 Å². The topological polar surface area (TPSA) is 38.7 Å². The lowest BCUT2D eigenvalue weighted by Crippen LogP contribution is -1.98. The van der Waals surface area contributed by atoms with Crippen molar-refractivity contribution >= 4 is 5.57 Å². The molecule has 0 aliphatic carbocycles. The summed E-state index contributed by atoms with van der Waals surface area (Å²) in [6.45, 7) is 5.94. The van der Waals surface area contributed by atoms with Crippen LogP contribution in [-0.4, -0.2) is 15.0 Å². The standard InChI is InChI=1S/C21H21N3/c1-16(2)19-13-6-10-17(23-19)8-5-9-18-11-7-14-21(24-18)20-12-3-4-15-22-20/h3-4,6-7,10-15H,1,5,8-9H2,2H3. The van der Waals surface area contributed by atoms with E-state index in [1.165, 1.54) is 0 Å². The van der Waals surface area contributed by atoms with Crippen molar-refractivity contribution in [3.8, 4) is 11.4 Å². The molecule has 0 spiro atoms. The molecule has 0 N–H and O–H groups in total. The smallest absolute Gasteiger partial charge is 0.0889 e. The third-order valence-electron chi connectivity index (χ3n) is 3.84. The maximum Gasteiger partial charge on any atom is 0.0889 e. The van der Waals surface area contributed by atoms with Crippen LogP contribution >= 0.6 is 0 Å². The van der Waals surface area contributed by atoms with Gasteiger partial charge >= 0.3 is 0 Å². The number of pyridine rings is 3. The van der Waals surface area contributed by atoms with Crippen LogP contribution in [0.1, 0.15) is 30.4 Å². The molecule has 0 aromatic carbocycles. The molecule has 0 saturated heterocycles. The lowest BCUT2D eigenvalue weighted by atomic mass is 10.1. The molecule has 3 nitrogen and oxygen atoms in total. The van der Waals surface area contributed by atoms with Crippen molar-refractivity contribution in [1.29, 1.82) is 0 Å². The lowest BCUT2D eigenvalue weighted by molar-refractivity contribution is 0.781.